The summed E-state index contributed by atoms with van der Waals surface area (Å²) in [6.45, 7) is 3.58. The van der Waals surface area contributed by atoms with Gasteiger partial charge in [0.2, 0.25) is 0 Å². The SMILES string of the molecule is Cc1cc(=O)n2[nH]c([C@@H]3CCCCN3Cc3ccc(F)cc3)cc2n1. The standard InChI is InChI=1S/C19H21FN4O/c1-13-10-19(25)24-18(21-13)11-16(22-24)17-4-2-3-9-23(17)12-14-5-7-15(20)8-6-14/h5-8,10-11,17,22H,2-4,9,12H2,1H3/t17-/m0/s1. The van der Waals surface area contributed by atoms with Crippen molar-refractivity contribution in [3.05, 3.63) is 69.5 Å². The van der Waals surface area contributed by atoms with Crippen LogP contribution in [-0.2, 0) is 6.54 Å². The molecule has 0 bridgehead atoms. The van der Waals surface area contributed by atoms with Crippen molar-refractivity contribution in [2.75, 3.05) is 6.54 Å². The lowest BCUT2D eigenvalue weighted by Crippen LogP contribution is -2.33. The minimum atomic E-state index is -0.213. The van der Waals surface area contributed by atoms with E-state index in [2.05, 4.69) is 15.0 Å². The Hall–Kier alpha value is -2.47. The zero-order valence-corrected chi connectivity index (χ0v) is 14.2. The monoisotopic (exact) mass is 340 g/mol. The normalized spacial score (nSPS) is 18.7. The van der Waals surface area contributed by atoms with Gasteiger partial charge in [0.1, 0.15) is 5.82 Å². The van der Waals surface area contributed by atoms with Crippen LogP contribution in [0.25, 0.3) is 5.65 Å². The molecule has 1 aliphatic rings. The second kappa shape index (κ2) is 6.44. The number of benzene rings is 1. The Morgan fingerprint density at radius 3 is 2.84 bits per heavy atom. The molecule has 0 amide bonds. The summed E-state index contributed by atoms with van der Waals surface area (Å²) in [4.78, 5) is 19.0. The molecule has 1 aromatic carbocycles. The number of likely N-dealkylation sites (tertiary alicyclic amines) is 1. The Morgan fingerprint density at radius 2 is 2.04 bits per heavy atom. The first-order valence-corrected chi connectivity index (χ1v) is 8.68. The summed E-state index contributed by atoms with van der Waals surface area (Å²) in [7, 11) is 0. The average Bonchev–Trinajstić information content (AvgIpc) is 3.01. The minimum absolute atomic E-state index is 0.0883. The second-order valence-electron chi connectivity index (χ2n) is 6.75. The summed E-state index contributed by atoms with van der Waals surface area (Å²) in [6.07, 6.45) is 3.33. The molecule has 1 fully saturated rings. The van der Waals surface area contributed by atoms with Gasteiger partial charge in [-0.2, -0.15) is 0 Å². The van der Waals surface area contributed by atoms with E-state index in [-0.39, 0.29) is 17.4 Å². The molecule has 2 aromatic heterocycles. The van der Waals surface area contributed by atoms with Gasteiger partial charge in [-0.15, -0.1) is 0 Å². The van der Waals surface area contributed by atoms with E-state index in [0.717, 1.165) is 49.3 Å². The fourth-order valence-electron chi connectivity index (χ4n) is 3.66. The Balaban J connectivity index is 1.65. The Bertz CT molecular complexity index is 944. The van der Waals surface area contributed by atoms with E-state index < -0.39 is 0 Å². The molecule has 1 saturated heterocycles. The van der Waals surface area contributed by atoms with Crippen LogP contribution in [0, 0.1) is 12.7 Å². The largest absolute Gasteiger partial charge is 0.292 e. The van der Waals surface area contributed by atoms with Crippen LogP contribution in [0.1, 0.15) is 42.3 Å². The number of aromatic nitrogens is 3. The van der Waals surface area contributed by atoms with E-state index in [1.807, 2.05) is 25.1 Å². The molecule has 0 saturated carbocycles. The van der Waals surface area contributed by atoms with E-state index >= 15 is 0 Å². The molecular formula is C19H21FN4O. The number of nitrogens with one attached hydrogen (secondary N) is 1. The van der Waals surface area contributed by atoms with Crippen molar-refractivity contribution >= 4 is 5.65 Å². The minimum Gasteiger partial charge on any atom is -0.292 e. The van der Waals surface area contributed by atoms with E-state index in [1.54, 1.807) is 0 Å². The molecule has 0 spiro atoms. The molecule has 25 heavy (non-hydrogen) atoms. The molecule has 1 N–H and O–H groups in total. The van der Waals surface area contributed by atoms with Crippen molar-refractivity contribution in [3.8, 4) is 0 Å². The number of hydrogen-bond acceptors (Lipinski definition) is 3. The van der Waals surface area contributed by atoms with Gasteiger partial charge in [0.25, 0.3) is 5.56 Å². The van der Waals surface area contributed by atoms with Crippen LogP contribution in [0.3, 0.4) is 0 Å². The fourth-order valence-corrected chi connectivity index (χ4v) is 3.66. The quantitative estimate of drug-likeness (QED) is 0.797. The summed E-state index contributed by atoms with van der Waals surface area (Å²) < 4.78 is 14.6. The van der Waals surface area contributed by atoms with Crippen molar-refractivity contribution < 1.29 is 4.39 Å². The van der Waals surface area contributed by atoms with Gasteiger partial charge in [-0.05, 0) is 44.0 Å². The Morgan fingerprint density at radius 1 is 1.24 bits per heavy atom. The van der Waals surface area contributed by atoms with Crippen LogP contribution in [0.2, 0.25) is 0 Å². The average molecular weight is 340 g/mol. The molecule has 3 aromatic rings. The topological polar surface area (TPSA) is 53.4 Å². The van der Waals surface area contributed by atoms with Gasteiger partial charge < -0.3 is 0 Å². The highest BCUT2D eigenvalue weighted by Gasteiger charge is 2.26. The maximum absolute atomic E-state index is 13.1. The number of halogens is 1. The third-order valence-electron chi connectivity index (χ3n) is 4.87. The van der Waals surface area contributed by atoms with Crippen molar-refractivity contribution in [1.29, 1.82) is 0 Å². The third kappa shape index (κ3) is 3.22. The van der Waals surface area contributed by atoms with Crippen molar-refractivity contribution in [1.82, 2.24) is 19.5 Å². The number of rotatable bonds is 3. The van der Waals surface area contributed by atoms with E-state index in [9.17, 15) is 9.18 Å². The maximum Gasteiger partial charge on any atom is 0.272 e. The molecule has 6 heteroatoms. The number of H-pyrrole nitrogens is 1. The highest BCUT2D eigenvalue weighted by atomic mass is 19.1. The molecule has 130 valence electrons. The highest BCUT2D eigenvalue weighted by molar-refractivity contribution is 5.40. The zero-order valence-electron chi connectivity index (χ0n) is 14.2. The maximum atomic E-state index is 13.1. The molecular weight excluding hydrogens is 319 g/mol. The number of nitrogens with zero attached hydrogens (tertiary/aromatic N) is 3. The fraction of sp³-hybridized carbons (Fsp3) is 0.368. The van der Waals surface area contributed by atoms with Crippen molar-refractivity contribution in [3.63, 3.8) is 0 Å². The number of piperidine rings is 1. The molecule has 1 aliphatic heterocycles. The molecule has 0 unspecified atom stereocenters. The number of fused-ring (bicyclic) bond motifs is 1. The van der Waals surface area contributed by atoms with Gasteiger partial charge in [-0.3, -0.25) is 14.8 Å². The van der Waals surface area contributed by atoms with Gasteiger partial charge in [-0.25, -0.2) is 13.9 Å². The number of hydrogen-bond donors (Lipinski definition) is 1. The van der Waals surface area contributed by atoms with Gasteiger partial charge in [0, 0.05) is 24.4 Å². The molecule has 0 radical (unpaired) electrons. The van der Waals surface area contributed by atoms with Crippen molar-refractivity contribution in [2.24, 2.45) is 0 Å². The van der Waals surface area contributed by atoms with Gasteiger partial charge >= 0.3 is 0 Å². The lowest BCUT2D eigenvalue weighted by molar-refractivity contribution is 0.137. The smallest absolute Gasteiger partial charge is 0.272 e. The lowest BCUT2D eigenvalue weighted by atomic mass is 9.98. The summed E-state index contributed by atoms with van der Waals surface area (Å²) >= 11 is 0. The number of aromatic amines is 1. The summed E-state index contributed by atoms with van der Waals surface area (Å²) in [5, 5.41) is 3.23. The first-order chi connectivity index (χ1) is 12.1. The molecule has 3 heterocycles. The van der Waals surface area contributed by atoms with Crippen LogP contribution in [0.15, 0.2) is 41.2 Å². The second-order valence-corrected chi connectivity index (χ2v) is 6.75. The van der Waals surface area contributed by atoms with Gasteiger partial charge in [0.05, 0.1) is 11.7 Å². The van der Waals surface area contributed by atoms with Crippen molar-refractivity contribution in [2.45, 2.75) is 38.8 Å². The summed E-state index contributed by atoms with van der Waals surface area (Å²) in [5.74, 6) is -0.213. The molecule has 1 atom stereocenters. The van der Waals surface area contributed by atoms with Gasteiger partial charge in [0.15, 0.2) is 5.65 Å². The summed E-state index contributed by atoms with van der Waals surface area (Å²) in [6, 6.07) is 10.4. The molecule has 0 aliphatic carbocycles. The Labute approximate surface area is 145 Å². The first kappa shape index (κ1) is 16.0. The Kier molecular flexibility index (Phi) is 4.13. The lowest BCUT2D eigenvalue weighted by Gasteiger charge is -2.35. The van der Waals surface area contributed by atoms with Crippen LogP contribution < -0.4 is 5.56 Å². The molecule has 5 nitrogen and oxygen atoms in total. The zero-order chi connectivity index (χ0) is 17.4. The van der Waals surface area contributed by atoms with E-state index in [1.165, 1.54) is 22.7 Å². The predicted molar refractivity (Wildman–Crippen MR) is 94.0 cm³/mol. The van der Waals surface area contributed by atoms with Crippen LogP contribution in [0.4, 0.5) is 4.39 Å². The van der Waals surface area contributed by atoms with Gasteiger partial charge in [-0.1, -0.05) is 18.6 Å². The van der Waals surface area contributed by atoms with Crippen LogP contribution >= 0.6 is 0 Å². The summed E-state index contributed by atoms with van der Waals surface area (Å²) in [5.41, 5.74) is 3.40. The molecule has 4 rings (SSSR count). The number of aryl methyl sites for hydroxylation is 1. The van der Waals surface area contributed by atoms with E-state index in [0.29, 0.717) is 5.65 Å². The first-order valence-electron chi connectivity index (χ1n) is 8.68. The van der Waals surface area contributed by atoms with Crippen LogP contribution in [-0.4, -0.2) is 26.0 Å². The van der Waals surface area contributed by atoms with E-state index in [4.69, 9.17) is 0 Å². The predicted octanol–water partition coefficient (Wildman–Crippen LogP) is 3.20. The van der Waals surface area contributed by atoms with Crippen LogP contribution in [0.5, 0.6) is 0 Å². The third-order valence-corrected chi connectivity index (χ3v) is 4.87. The highest BCUT2D eigenvalue weighted by Crippen LogP contribution is 2.31.